The summed E-state index contributed by atoms with van der Waals surface area (Å²) >= 11 is 0. The van der Waals surface area contributed by atoms with E-state index in [9.17, 15) is 9.59 Å². The number of ether oxygens (including phenoxy) is 1. The Morgan fingerprint density at radius 3 is 2.53 bits per heavy atom. The monoisotopic (exact) mass is 409 g/mol. The average molecular weight is 410 g/mol. The number of benzene rings is 1. The van der Waals surface area contributed by atoms with Crippen LogP contribution in [0, 0.1) is 12.8 Å². The summed E-state index contributed by atoms with van der Waals surface area (Å²) in [5.41, 5.74) is 2.69. The molecule has 1 aliphatic carbocycles. The molecule has 1 aromatic carbocycles. The van der Waals surface area contributed by atoms with Gasteiger partial charge in [-0.3, -0.25) is 9.59 Å². The molecule has 2 aliphatic rings. The summed E-state index contributed by atoms with van der Waals surface area (Å²) in [6.07, 6.45) is 5.61. The van der Waals surface area contributed by atoms with E-state index in [1.54, 1.807) is 17.9 Å². The van der Waals surface area contributed by atoms with Crippen LogP contribution in [-0.2, 0) is 9.53 Å². The molecule has 1 aromatic heterocycles. The Hall–Kier alpha value is -2.47. The summed E-state index contributed by atoms with van der Waals surface area (Å²) in [4.78, 5) is 27.6. The molecule has 30 heavy (non-hydrogen) atoms. The molecular formula is C24H31N3O3. The molecule has 0 spiro atoms. The van der Waals surface area contributed by atoms with Crippen molar-refractivity contribution in [1.82, 2.24) is 14.7 Å². The number of likely N-dealkylation sites (tertiary alicyclic amines) is 1. The van der Waals surface area contributed by atoms with Crippen LogP contribution in [0.2, 0.25) is 0 Å². The Morgan fingerprint density at radius 1 is 1.10 bits per heavy atom. The van der Waals surface area contributed by atoms with E-state index in [0.29, 0.717) is 13.1 Å². The van der Waals surface area contributed by atoms with Gasteiger partial charge in [-0.05, 0) is 44.6 Å². The van der Waals surface area contributed by atoms with E-state index in [0.717, 1.165) is 55.3 Å². The van der Waals surface area contributed by atoms with Crippen LogP contribution in [0.1, 0.15) is 50.1 Å². The van der Waals surface area contributed by atoms with Crippen LogP contribution in [0.25, 0.3) is 11.3 Å². The number of hydrogen-bond acceptors (Lipinski definition) is 4. The van der Waals surface area contributed by atoms with Gasteiger partial charge in [0, 0.05) is 37.7 Å². The predicted octanol–water partition coefficient (Wildman–Crippen LogP) is 3.59. The maximum atomic E-state index is 13.0. The number of piperidine rings is 1. The van der Waals surface area contributed by atoms with Crippen LogP contribution >= 0.6 is 0 Å². The lowest BCUT2D eigenvalue weighted by Crippen LogP contribution is -2.45. The van der Waals surface area contributed by atoms with E-state index in [1.807, 2.05) is 42.2 Å². The first-order chi connectivity index (χ1) is 14.6. The van der Waals surface area contributed by atoms with Crippen LogP contribution in [-0.4, -0.2) is 46.9 Å². The highest BCUT2D eigenvalue weighted by molar-refractivity contribution is 5.79. The fourth-order valence-electron chi connectivity index (χ4n) is 4.87. The van der Waals surface area contributed by atoms with Crippen molar-refractivity contribution in [1.29, 1.82) is 0 Å². The van der Waals surface area contributed by atoms with Crippen molar-refractivity contribution >= 4 is 5.91 Å². The van der Waals surface area contributed by atoms with Crippen molar-refractivity contribution in [3.05, 3.63) is 52.3 Å². The van der Waals surface area contributed by atoms with Gasteiger partial charge in [-0.1, -0.05) is 36.8 Å². The first-order valence-corrected chi connectivity index (χ1v) is 11.0. The van der Waals surface area contributed by atoms with Gasteiger partial charge in [-0.25, -0.2) is 4.68 Å². The minimum atomic E-state index is -0.0628. The topological polar surface area (TPSA) is 64.4 Å². The minimum absolute atomic E-state index is 0.0303. The van der Waals surface area contributed by atoms with E-state index < -0.39 is 0 Å². The molecule has 1 saturated carbocycles. The Bertz CT molecular complexity index is 932. The molecule has 160 valence electrons. The quantitative estimate of drug-likeness (QED) is 0.774. The SMILES string of the molecule is COC1CCCC(C(=O)N2CCC(n3nc(-c4ccccc4)c(C)cc3=O)CC2)C1. The number of amides is 1. The number of methoxy groups -OCH3 is 1. The number of nitrogens with zero attached hydrogens (tertiary/aromatic N) is 3. The smallest absolute Gasteiger partial charge is 0.267 e. The Balaban J connectivity index is 1.45. The third-order valence-electron chi connectivity index (χ3n) is 6.62. The maximum Gasteiger partial charge on any atom is 0.267 e. The van der Waals surface area contributed by atoms with E-state index in [4.69, 9.17) is 9.84 Å². The Morgan fingerprint density at radius 2 is 1.83 bits per heavy atom. The van der Waals surface area contributed by atoms with Gasteiger partial charge in [0.05, 0.1) is 17.8 Å². The lowest BCUT2D eigenvalue weighted by atomic mass is 9.85. The third-order valence-corrected chi connectivity index (χ3v) is 6.62. The number of aryl methyl sites for hydroxylation is 1. The summed E-state index contributed by atoms with van der Waals surface area (Å²) in [7, 11) is 1.74. The average Bonchev–Trinajstić information content (AvgIpc) is 2.79. The molecule has 0 radical (unpaired) electrons. The van der Waals surface area contributed by atoms with Crippen molar-refractivity contribution < 1.29 is 9.53 Å². The third kappa shape index (κ3) is 4.33. The molecule has 0 bridgehead atoms. The lowest BCUT2D eigenvalue weighted by Gasteiger charge is -2.36. The minimum Gasteiger partial charge on any atom is -0.381 e. The fourth-order valence-corrected chi connectivity index (χ4v) is 4.87. The molecule has 2 unspecified atom stereocenters. The highest BCUT2D eigenvalue weighted by atomic mass is 16.5. The van der Waals surface area contributed by atoms with Gasteiger partial charge < -0.3 is 9.64 Å². The van der Waals surface area contributed by atoms with Gasteiger partial charge in [0.1, 0.15) is 0 Å². The summed E-state index contributed by atoms with van der Waals surface area (Å²) in [6.45, 7) is 3.29. The largest absolute Gasteiger partial charge is 0.381 e. The van der Waals surface area contributed by atoms with Gasteiger partial charge >= 0.3 is 0 Å². The molecule has 1 aliphatic heterocycles. The van der Waals surface area contributed by atoms with Gasteiger partial charge in [-0.15, -0.1) is 0 Å². The lowest BCUT2D eigenvalue weighted by molar-refractivity contribution is -0.139. The van der Waals surface area contributed by atoms with Gasteiger partial charge in [-0.2, -0.15) is 5.10 Å². The van der Waals surface area contributed by atoms with Crippen LogP contribution < -0.4 is 5.56 Å². The van der Waals surface area contributed by atoms with E-state index in [2.05, 4.69) is 0 Å². The van der Waals surface area contributed by atoms with Crippen LogP contribution in [0.5, 0.6) is 0 Å². The van der Waals surface area contributed by atoms with Crippen LogP contribution in [0.3, 0.4) is 0 Å². The van der Waals surface area contributed by atoms with E-state index >= 15 is 0 Å². The molecule has 6 nitrogen and oxygen atoms in total. The standard InChI is InChI=1S/C24H31N3O3/c1-17-15-22(28)27(25-23(17)18-7-4-3-5-8-18)20-11-13-26(14-12-20)24(29)19-9-6-10-21(16-19)30-2/h3-5,7-8,15,19-21H,6,9-14,16H2,1-2H3. The predicted molar refractivity (Wildman–Crippen MR) is 116 cm³/mol. The second-order valence-corrected chi connectivity index (χ2v) is 8.60. The molecule has 2 heterocycles. The summed E-state index contributed by atoms with van der Waals surface area (Å²) < 4.78 is 7.12. The number of rotatable bonds is 4. The zero-order chi connectivity index (χ0) is 21.1. The molecule has 0 N–H and O–H groups in total. The number of hydrogen-bond donors (Lipinski definition) is 0. The Labute approximate surface area is 177 Å². The summed E-state index contributed by atoms with van der Waals surface area (Å²) in [6, 6.07) is 11.7. The number of carbonyl (C=O) groups is 1. The van der Waals surface area contributed by atoms with Crippen molar-refractivity contribution in [3.63, 3.8) is 0 Å². The van der Waals surface area contributed by atoms with Gasteiger partial charge in [0.25, 0.3) is 5.56 Å². The number of carbonyl (C=O) groups excluding carboxylic acids is 1. The Kier molecular flexibility index (Phi) is 6.32. The van der Waals surface area contributed by atoms with Crippen molar-refractivity contribution in [2.75, 3.05) is 20.2 Å². The molecule has 6 heteroatoms. The zero-order valence-corrected chi connectivity index (χ0v) is 17.9. The first-order valence-electron chi connectivity index (χ1n) is 11.0. The fraction of sp³-hybridized carbons (Fsp3) is 0.542. The molecule has 1 amide bonds. The second-order valence-electron chi connectivity index (χ2n) is 8.60. The van der Waals surface area contributed by atoms with Gasteiger partial charge in [0.15, 0.2) is 0 Å². The van der Waals surface area contributed by atoms with Crippen molar-refractivity contribution in [2.45, 2.75) is 57.6 Å². The van der Waals surface area contributed by atoms with Gasteiger partial charge in [0.2, 0.25) is 5.91 Å². The van der Waals surface area contributed by atoms with Crippen LogP contribution in [0.15, 0.2) is 41.2 Å². The van der Waals surface area contributed by atoms with Crippen LogP contribution in [0.4, 0.5) is 0 Å². The highest BCUT2D eigenvalue weighted by Crippen LogP contribution is 2.30. The maximum absolute atomic E-state index is 13.0. The molecule has 2 aromatic rings. The zero-order valence-electron chi connectivity index (χ0n) is 17.9. The summed E-state index contributed by atoms with van der Waals surface area (Å²) in [5, 5.41) is 4.73. The molecule has 2 atom stereocenters. The van der Waals surface area contributed by atoms with E-state index in [-0.39, 0.29) is 29.5 Å². The highest BCUT2D eigenvalue weighted by Gasteiger charge is 2.33. The molecule has 1 saturated heterocycles. The van der Waals surface area contributed by atoms with E-state index in [1.165, 1.54) is 0 Å². The molecular weight excluding hydrogens is 378 g/mol. The molecule has 2 fully saturated rings. The van der Waals surface area contributed by atoms with Crippen molar-refractivity contribution in [2.24, 2.45) is 5.92 Å². The summed E-state index contributed by atoms with van der Waals surface area (Å²) in [5.74, 6) is 0.328. The van der Waals surface area contributed by atoms with Crippen molar-refractivity contribution in [3.8, 4) is 11.3 Å². The second kappa shape index (κ2) is 9.13. The molecule has 4 rings (SSSR count). The number of aromatic nitrogens is 2. The first kappa shape index (κ1) is 20.8. The normalized spacial score (nSPS) is 22.8.